The summed E-state index contributed by atoms with van der Waals surface area (Å²) in [4.78, 5) is 27.1. The van der Waals surface area contributed by atoms with Crippen LogP contribution >= 0.6 is 22.7 Å². The molecular weight excluding hydrogens is 378 g/mol. The van der Waals surface area contributed by atoms with E-state index in [-0.39, 0.29) is 5.91 Å². The van der Waals surface area contributed by atoms with E-state index in [1.54, 1.807) is 22.7 Å². The molecule has 0 bridgehead atoms. The second-order valence-corrected chi connectivity index (χ2v) is 8.72. The van der Waals surface area contributed by atoms with Crippen molar-refractivity contribution >= 4 is 43.8 Å². The van der Waals surface area contributed by atoms with Crippen LogP contribution in [0.25, 0.3) is 15.2 Å². The minimum atomic E-state index is 0.167. The largest absolute Gasteiger partial charge is 0.340 e. The van der Waals surface area contributed by atoms with E-state index in [9.17, 15) is 4.79 Å². The van der Waals surface area contributed by atoms with E-state index in [0.717, 1.165) is 53.9 Å². The number of benzene rings is 1. The molecule has 1 aliphatic heterocycles. The van der Waals surface area contributed by atoms with E-state index < -0.39 is 0 Å². The Bertz CT molecular complexity index is 1030. The van der Waals surface area contributed by atoms with E-state index >= 15 is 0 Å². The zero-order valence-corrected chi connectivity index (χ0v) is 16.4. The molecule has 27 heavy (non-hydrogen) atoms. The zero-order chi connectivity index (χ0) is 18.2. The molecule has 1 amide bonds. The van der Waals surface area contributed by atoms with Crippen LogP contribution in [0.3, 0.4) is 0 Å². The number of carbonyl (C=O) groups is 1. The summed E-state index contributed by atoms with van der Waals surface area (Å²) in [6.07, 6.45) is 4.31. The van der Waals surface area contributed by atoms with Crippen LogP contribution < -0.4 is 0 Å². The predicted molar refractivity (Wildman–Crippen MR) is 108 cm³/mol. The van der Waals surface area contributed by atoms with Crippen LogP contribution in [0.15, 0.2) is 42.0 Å². The fraction of sp³-hybridized carbons (Fsp3) is 0.316. The lowest BCUT2D eigenvalue weighted by molar-refractivity contribution is -0.132. The molecule has 1 aromatic carbocycles. The van der Waals surface area contributed by atoms with Gasteiger partial charge in [-0.2, -0.15) is 0 Å². The number of rotatable bonds is 4. The van der Waals surface area contributed by atoms with Crippen LogP contribution in [0.1, 0.15) is 10.7 Å². The molecule has 0 saturated carbocycles. The SMILES string of the molecule is O=C(Cc1cn2ccsc2n1)N1CCN(Cc2nc3ccccc3s2)CC1. The fourth-order valence-electron chi connectivity index (χ4n) is 3.46. The molecule has 0 spiro atoms. The predicted octanol–water partition coefficient (Wildman–Crippen LogP) is 2.89. The molecule has 4 heterocycles. The maximum atomic E-state index is 12.6. The molecule has 8 heteroatoms. The van der Waals surface area contributed by atoms with Crippen molar-refractivity contribution < 1.29 is 4.79 Å². The Kier molecular flexibility index (Phi) is 4.39. The van der Waals surface area contributed by atoms with Crippen LogP contribution in [0.5, 0.6) is 0 Å². The lowest BCUT2D eigenvalue weighted by Gasteiger charge is -2.34. The van der Waals surface area contributed by atoms with Crippen molar-refractivity contribution in [3.63, 3.8) is 0 Å². The highest BCUT2D eigenvalue weighted by Crippen LogP contribution is 2.23. The molecule has 0 radical (unpaired) electrons. The molecule has 6 nitrogen and oxygen atoms in total. The van der Waals surface area contributed by atoms with Gasteiger partial charge < -0.3 is 4.90 Å². The molecular formula is C19H19N5OS2. The Labute approximate surface area is 164 Å². The maximum absolute atomic E-state index is 12.6. The molecule has 0 aliphatic carbocycles. The monoisotopic (exact) mass is 397 g/mol. The Morgan fingerprint density at radius 2 is 1.96 bits per heavy atom. The normalized spacial score (nSPS) is 15.8. The summed E-state index contributed by atoms with van der Waals surface area (Å²) in [6.45, 7) is 4.18. The highest BCUT2D eigenvalue weighted by atomic mass is 32.1. The summed E-state index contributed by atoms with van der Waals surface area (Å²) >= 11 is 3.35. The number of piperazine rings is 1. The quantitative estimate of drug-likeness (QED) is 0.531. The molecule has 0 unspecified atom stereocenters. The third-order valence-electron chi connectivity index (χ3n) is 4.90. The summed E-state index contributed by atoms with van der Waals surface area (Å²) in [6, 6.07) is 8.26. The van der Waals surface area contributed by atoms with Gasteiger partial charge in [-0.3, -0.25) is 14.1 Å². The molecule has 5 rings (SSSR count). The number of nitrogens with zero attached hydrogens (tertiary/aromatic N) is 5. The fourth-order valence-corrected chi connectivity index (χ4v) is 5.19. The smallest absolute Gasteiger partial charge is 0.228 e. The number of fused-ring (bicyclic) bond motifs is 2. The van der Waals surface area contributed by atoms with Gasteiger partial charge in [0.2, 0.25) is 5.91 Å². The van der Waals surface area contributed by atoms with Crippen molar-refractivity contribution in [3.8, 4) is 0 Å². The average molecular weight is 398 g/mol. The van der Waals surface area contributed by atoms with Crippen LogP contribution in [0.4, 0.5) is 0 Å². The van der Waals surface area contributed by atoms with Gasteiger partial charge in [-0.1, -0.05) is 12.1 Å². The molecule has 0 N–H and O–H groups in total. The van der Waals surface area contributed by atoms with Crippen molar-refractivity contribution in [2.24, 2.45) is 0 Å². The Balaban J connectivity index is 1.17. The third-order valence-corrected chi connectivity index (χ3v) is 6.69. The summed E-state index contributed by atoms with van der Waals surface area (Å²) in [5.41, 5.74) is 1.93. The van der Waals surface area contributed by atoms with Crippen molar-refractivity contribution in [3.05, 3.63) is 52.7 Å². The first-order valence-electron chi connectivity index (χ1n) is 9.00. The van der Waals surface area contributed by atoms with Gasteiger partial charge >= 0.3 is 0 Å². The van der Waals surface area contributed by atoms with Gasteiger partial charge in [0, 0.05) is 44.0 Å². The summed E-state index contributed by atoms with van der Waals surface area (Å²) in [5.74, 6) is 0.167. The lowest BCUT2D eigenvalue weighted by atomic mass is 10.2. The van der Waals surface area contributed by atoms with Crippen molar-refractivity contribution in [2.45, 2.75) is 13.0 Å². The van der Waals surface area contributed by atoms with Gasteiger partial charge in [-0.15, -0.1) is 22.7 Å². The molecule has 3 aromatic heterocycles. The summed E-state index contributed by atoms with van der Waals surface area (Å²) < 4.78 is 3.21. The first kappa shape index (κ1) is 16.9. The van der Waals surface area contributed by atoms with E-state index in [4.69, 9.17) is 4.98 Å². The number of hydrogen-bond acceptors (Lipinski definition) is 6. The van der Waals surface area contributed by atoms with E-state index in [1.165, 1.54) is 4.70 Å². The minimum Gasteiger partial charge on any atom is -0.340 e. The van der Waals surface area contributed by atoms with Crippen LogP contribution in [-0.4, -0.2) is 56.3 Å². The highest BCUT2D eigenvalue weighted by molar-refractivity contribution is 7.18. The molecule has 1 fully saturated rings. The number of aromatic nitrogens is 3. The van der Waals surface area contributed by atoms with Gasteiger partial charge in [0.1, 0.15) is 5.01 Å². The maximum Gasteiger partial charge on any atom is 0.228 e. The Hall–Kier alpha value is -2.29. The molecule has 0 atom stereocenters. The van der Waals surface area contributed by atoms with Crippen LogP contribution in [0.2, 0.25) is 0 Å². The Morgan fingerprint density at radius 3 is 2.78 bits per heavy atom. The number of amides is 1. The minimum absolute atomic E-state index is 0.167. The van der Waals surface area contributed by atoms with Crippen molar-refractivity contribution in [2.75, 3.05) is 26.2 Å². The standard InChI is InChI=1S/C19H19N5OS2/c25-18(11-14-12-24-9-10-26-19(24)20-14)23-7-5-22(6-8-23)13-17-21-15-3-1-2-4-16(15)27-17/h1-4,9-10,12H,5-8,11,13H2. The van der Waals surface area contributed by atoms with Gasteiger partial charge in [0.05, 0.1) is 28.9 Å². The average Bonchev–Trinajstić information content (AvgIpc) is 3.36. The zero-order valence-electron chi connectivity index (χ0n) is 14.7. The Morgan fingerprint density at radius 1 is 1.11 bits per heavy atom. The van der Waals surface area contributed by atoms with Crippen LogP contribution in [0, 0.1) is 0 Å². The van der Waals surface area contributed by atoms with E-state index in [0.29, 0.717) is 6.42 Å². The molecule has 138 valence electrons. The highest BCUT2D eigenvalue weighted by Gasteiger charge is 2.22. The van der Waals surface area contributed by atoms with Crippen molar-refractivity contribution in [1.29, 1.82) is 0 Å². The topological polar surface area (TPSA) is 53.7 Å². The second kappa shape index (κ2) is 7.03. The number of imidazole rings is 1. The molecule has 1 saturated heterocycles. The summed E-state index contributed by atoms with van der Waals surface area (Å²) in [5, 5.41) is 3.15. The number of para-hydroxylation sites is 1. The van der Waals surface area contributed by atoms with Crippen LogP contribution in [-0.2, 0) is 17.8 Å². The first-order valence-corrected chi connectivity index (χ1v) is 10.7. The second-order valence-electron chi connectivity index (χ2n) is 6.73. The molecule has 1 aliphatic rings. The van der Waals surface area contributed by atoms with E-state index in [2.05, 4.69) is 28.1 Å². The number of hydrogen-bond donors (Lipinski definition) is 0. The lowest BCUT2D eigenvalue weighted by Crippen LogP contribution is -2.48. The third kappa shape index (κ3) is 3.47. The summed E-state index contributed by atoms with van der Waals surface area (Å²) in [7, 11) is 0. The van der Waals surface area contributed by atoms with Gasteiger partial charge in [-0.25, -0.2) is 9.97 Å². The van der Waals surface area contributed by atoms with E-state index in [1.807, 2.05) is 33.1 Å². The molecule has 4 aromatic rings. The van der Waals surface area contributed by atoms with Gasteiger partial charge in [-0.05, 0) is 12.1 Å². The van der Waals surface area contributed by atoms with Gasteiger partial charge in [0.25, 0.3) is 0 Å². The first-order chi connectivity index (χ1) is 13.2. The number of thiazole rings is 2. The number of carbonyl (C=O) groups excluding carboxylic acids is 1. The van der Waals surface area contributed by atoms with Gasteiger partial charge in [0.15, 0.2) is 4.96 Å². The van der Waals surface area contributed by atoms with Crippen molar-refractivity contribution in [1.82, 2.24) is 24.2 Å².